The van der Waals surface area contributed by atoms with E-state index >= 15 is 0 Å². The molecule has 10 heteroatoms. The fourth-order valence-corrected chi connectivity index (χ4v) is 1.68. The lowest BCUT2D eigenvalue weighted by Gasteiger charge is -2.05. The van der Waals surface area contributed by atoms with Gasteiger partial charge in [-0.15, -0.1) is 15.3 Å². The molecule has 2 N–H and O–H groups in total. The predicted octanol–water partition coefficient (Wildman–Crippen LogP) is -0.474. The molecule has 3 rings (SSSR count). The molecular formula is C10H10N8O2. The topological polar surface area (TPSA) is 123 Å². The first-order valence-electron chi connectivity index (χ1n) is 5.75. The lowest BCUT2D eigenvalue weighted by Crippen LogP contribution is -2.12. The molecule has 3 aromatic heterocycles. The number of carboxylic acids is 1. The lowest BCUT2D eigenvalue weighted by atomic mass is 10.5. The number of carboxylic acid groups (broad SMARTS) is 1. The van der Waals surface area contributed by atoms with Gasteiger partial charge in [0.2, 0.25) is 5.65 Å². The van der Waals surface area contributed by atoms with E-state index < -0.39 is 5.97 Å². The predicted molar refractivity (Wildman–Crippen MR) is 66.3 cm³/mol. The van der Waals surface area contributed by atoms with Crippen LogP contribution in [0.1, 0.15) is 10.5 Å². The van der Waals surface area contributed by atoms with Gasteiger partial charge < -0.3 is 10.4 Å². The van der Waals surface area contributed by atoms with Crippen LogP contribution in [0, 0.1) is 0 Å². The molecule has 0 spiro atoms. The van der Waals surface area contributed by atoms with Crippen LogP contribution in [-0.4, -0.2) is 52.2 Å². The fraction of sp³-hybridized carbons (Fsp3) is 0.200. The fourth-order valence-electron chi connectivity index (χ4n) is 1.68. The molecule has 0 aliphatic carbocycles. The molecule has 0 aliphatic rings. The third-order valence-corrected chi connectivity index (χ3v) is 2.61. The highest BCUT2D eigenvalue weighted by Crippen LogP contribution is 2.08. The standard InChI is InChI=1S/C10H10N8O2/c19-10(20)7-5-18(16-14-7)4-2-12-8-9-15-13-6-17(9)3-1-11-8/h1,3,5-6H,2,4H2,(H,11,12)(H,19,20). The monoisotopic (exact) mass is 274 g/mol. The third kappa shape index (κ3) is 2.25. The van der Waals surface area contributed by atoms with E-state index in [1.54, 1.807) is 23.1 Å². The summed E-state index contributed by atoms with van der Waals surface area (Å²) in [7, 11) is 0. The number of anilines is 1. The molecule has 0 atom stereocenters. The number of aromatic carboxylic acids is 1. The van der Waals surface area contributed by atoms with Crippen molar-refractivity contribution in [1.29, 1.82) is 0 Å². The van der Waals surface area contributed by atoms with Crippen LogP contribution in [0.5, 0.6) is 0 Å². The second-order valence-corrected chi connectivity index (χ2v) is 3.94. The first-order chi connectivity index (χ1) is 9.74. The quantitative estimate of drug-likeness (QED) is 0.639. The van der Waals surface area contributed by atoms with Gasteiger partial charge in [-0.05, 0) is 0 Å². The Kier molecular flexibility index (Phi) is 2.95. The Morgan fingerprint density at radius 1 is 1.40 bits per heavy atom. The first kappa shape index (κ1) is 12.0. The van der Waals surface area contributed by atoms with E-state index in [2.05, 4.69) is 30.8 Å². The van der Waals surface area contributed by atoms with Crippen LogP contribution in [0.2, 0.25) is 0 Å². The Hall–Kier alpha value is -3.04. The molecule has 0 bridgehead atoms. The normalized spacial score (nSPS) is 10.8. The third-order valence-electron chi connectivity index (χ3n) is 2.61. The zero-order valence-electron chi connectivity index (χ0n) is 10.2. The molecule has 10 nitrogen and oxygen atoms in total. The first-order valence-corrected chi connectivity index (χ1v) is 5.75. The zero-order chi connectivity index (χ0) is 13.9. The molecule has 3 heterocycles. The second kappa shape index (κ2) is 4.91. The number of nitrogens with zero attached hydrogens (tertiary/aromatic N) is 7. The van der Waals surface area contributed by atoms with Gasteiger partial charge in [-0.25, -0.2) is 14.5 Å². The largest absolute Gasteiger partial charge is 0.476 e. The van der Waals surface area contributed by atoms with Crippen molar-refractivity contribution in [1.82, 2.24) is 34.6 Å². The number of carbonyl (C=O) groups is 1. The van der Waals surface area contributed by atoms with E-state index in [0.29, 0.717) is 24.6 Å². The van der Waals surface area contributed by atoms with Gasteiger partial charge in [-0.2, -0.15) is 0 Å². The van der Waals surface area contributed by atoms with Gasteiger partial charge in [0, 0.05) is 18.9 Å². The summed E-state index contributed by atoms with van der Waals surface area (Å²) in [5.74, 6) is -0.498. The highest BCUT2D eigenvalue weighted by atomic mass is 16.4. The Bertz CT molecular complexity index is 748. The highest BCUT2D eigenvalue weighted by Gasteiger charge is 2.08. The van der Waals surface area contributed by atoms with E-state index in [1.807, 2.05) is 0 Å². The maximum Gasteiger partial charge on any atom is 0.358 e. The summed E-state index contributed by atoms with van der Waals surface area (Å²) in [5, 5.41) is 26.8. The minimum absolute atomic E-state index is 0.0808. The van der Waals surface area contributed by atoms with Gasteiger partial charge in [-0.1, -0.05) is 5.21 Å². The van der Waals surface area contributed by atoms with Crippen molar-refractivity contribution >= 4 is 17.4 Å². The van der Waals surface area contributed by atoms with Crippen LogP contribution in [-0.2, 0) is 6.54 Å². The summed E-state index contributed by atoms with van der Waals surface area (Å²) in [6.45, 7) is 0.957. The van der Waals surface area contributed by atoms with Crippen LogP contribution in [0.3, 0.4) is 0 Å². The molecule has 0 saturated carbocycles. The van der Waals surface area contributed by atoms with Gasteiger partial charge in [0.1, 0.15) is 6.33 Å². The summed E-state index contributed by atoms with van der Waals surface area (Å²) in [5.41, 5.74) is 0.542. The van der Waals surface area contributed by atoms with Gasteiger partial charge in [0.15, 0.2) is 11.5 Å². The smallest absolute Gasteiger partial charge is 0.358 e. The Balaban J connectivity index is 1.64. The minimum atomic E-state index is -1.10. The molecule has 0 unspecified atom stereocenters. The molecule has 0 amide bonds. The number of fused-ring (bicyclic) bond motifs is 1. The van der Waals surface area contributed by atoms with Gasteiger partial charge >= 0.3 is 5.97 Å². The number of aromatic nitrogens is 7. The summed E-state index contributed by atoms with van der Waals surface area (Å²) >= 11 is 0. The van der Waals surface area contributed by atoms with Crippen molar-refractivity contribution < 1.29 is 9.90 Å². The summed E-state index contributed by atoms with van der Waals surface area (Å²) < 4.78 is 3.19. The van der Waals surface area contributed by atoms with Crippen LogP contribution in [0.4, 0.5) is 5.82 Å². The maximum atomic E-state index is 10.7. The Morgan fingerprint density at radius 2 is 2.30 bits per heavy atom. The van der Waals surface area contributed by atoms with E-state index in [9.17, 15) is 4.79 Å². The second-order valence-electron chi connectivity index (χ2n) is 3.94. The SMILES string of the molecule is O=C(O)c1cn(CCNc2nccn3cnnc23)nn1. The number of rotatable bonds is 5. The van der Waals surface area contributed by atoms with Crippen LogP contribution >= 0.6 is 0 Å². The van der Waals surface area contributed by atoms with Gasteiger partial charge in [-0.3, -0.25) is 4.40 Å². The Morgan fingerprint density at radius 3 is 3.10 bits per heavy atom. The number of hydrogen-bond donors (Lipinski definition) is 2. The van der Waals surface area contributed by atoms with Crippen molar-refractivity contribution in [3.63, 3.8) is 0 Å². The molecule has 0 aliphatic heterocycles. The molecule has 0 saturated heterocycles. The summed E-state index contributed by atoms with van der Waals surface area (Å²) in [4.78, 5) is 14.8. The van der Waals surface area contributed by atoms with Gasteiger partial charge in [0.05, 0.1) is 12.7 Å². The molecule has 3 aromatic rings. The molecule has 102 valence electrons. The molecule has 0 fully saturated rings. The van der Waals surface area contributed by atoms with Crippen LogP contribution < -0.4 is 5.32 Å². The van der Waals surface area contributed by atoms with Crippen molar-refractivity contribution in [2.75, 3.05) is 11.9 Å². The molecule has 0 aromatic carbocycles. The summed E-state index contributed by atoms with van der Waals surface area (Å²) in [6.07, 6.45) is 6.33. The van der Waals surface area contributed by atoms with Crippen molar-refractivity contribution in [3.05, 3.63) is 30.6 Å². The minimum Gasteiger partial charge on any atom is -0.476 e. The Labute approximate surface area is 112 Å². The molecular weight excluding hydrogens is 264 g/mol. The number of hydrogen-bond acceptors (Lipinski definition) is 7. The van der Waals surface area contributed by atoms with Crippen LogP contribution in [0.15, 0.2) is 24.9 Å². The average molecular weight is 274 g/mol. The maximum absolute atomic E-state index is 10.7. The van der Waals surface area contributed by atoms with E-state index in [-0.39, 0.29) is 5.69 Å². The van der Waals surface area contributed by atoms with Gasteiger partial charge in [0.25, 0.3) is 0 Å². The van der Waals surface area contributed by atoms with Crippen molar-refractivity contribution in [2.24, 2.45) is 0 Å². The molecule has 0 radical (unpaired) electrons. The average Bonchev–Trinajstić information content (AvgIpc) is 3.07. The van der Waals surface area contributed by atoms with Crippen LogP contribution in [0.25, 0.3) is 5.65 Å². The lowest BCUT2D eigenvalue weighted by molar-refractivity contribution is 0.0690. The summed E-state index contributed by atoms with van der Waals surface area (Å²) in [6, 6.07) is 0. The van der Waals surface area contributed by atoms with E-state index in [4.69, 9.17) is 5.11 Å². The van der Waals surface area contributed by atoms with E-state index in [1.165, 1.54) is 10.9 Å². The van der Waals surface area contributed by atoms with Crippen molar-refractivity contribution in [2.45, 2.75) is 6.54 Å². The zero-order valence-corrected chi connectivity index (χ0v) is 10.2. The van der Waals surface area contributed by atoms with E-state index in [0.717, 1.165) is 0 Å². The van der Waals surface area contributed by atoms with Crippen molar-refractivity contribution in [3.8, 4) is 0 Å². The number of nitrogens with one attached hydrogen (secondary N) is 1. The highest BCUT2D eigenvalue weighted by molar-refractivity contribution is 5.84. The molecule has 20 heavy (non-hydrogen) atoms.